The molecule has 0 saturated heterocycles. The lowest BCUT2D eigenvalue weighted by Gasteiger charge is -2.15. The van der Waals surface area contributed by atoms with Crippen LogP contribution >= 0.6 is 0 Å². The zero-order chi connectivity index (χ0) is 22.5. The summed E-state index contributed by atoms with van der Waals surface area (Å²) in [6.45, 7) is 5.39. The van der Waals surface area contributed by atoms with Crippen molar-refractivity contribution >= 4 is 11.4 Å². The molecular weight excluding hydrogens is 388 g/mol. The van der Waals surface area contributed by atoms with Gasteiger partial charge < -0.3 is 25.8 Å². The molecule has 3 aromatic carbocycles. The molecular formula is C25H28N4O2. The third-order valence-corrected chi connectivity index (χ3v) is 5.09. The number of nitrogen functional groups attached to an aromatic ring is 1. The first kappa shape index (κ1) is 22.0. The highest BCUT2D eigenvalue weighted by molar-refractivity contribution is 5.76. The minimum atomic E-state index is -0.0412. The maximum atomic E-state index is 10.4. The van der Waals surface area contributed by atoms with Gasteiger partial charge in [-0.15, -0.1) is 0 Å². The molecule has 6 nitrogen and oxygen atoms in total. The summed E-state index contributed by atoms with van der Waals surface area (Å²) < 4.78 is 5.98. The molecule has 0 aliphatic heterocycles. The summed E-state index contributed by atoms with van der Waals surface area (Å²) in [4.78, 5) is 2.05. The Bertz CT molecular complexity index is 1090. The molecule has 0 aliphatic rings. The minimum absolute atomic E-state index is 0.0412. The molecule has 160 valence electrons. The Hall–Kier alpha value is -3.69. The molecule has 0 heterocycles. The Morgan fingerprint density at radius 2 is 1.65 bits per heavy atom. The van der Waals surface area contributed by atoms with Crippen molar-refractivity contribution < 1.29 is 9.84 Å². The summed E-state index contributed by atoms with van der Waals surface area (Å²) in [5.74, 6) is 1.40. The Kier molecular flexibility index (Phi) is 6.68. The van der Waals surface area contributed by atoms with Crippen LogP contribution in [-0.4, -0.2) is 37.2 Å². The van der Waals surface area contributed by atoms with Crippen LogP contribution in [0.15, 0.2) is 48.5 Å². The largest absolute Gasteiger partial charge is 0.506 e. The molecule has 0 bridgehead atoms. The summed E-state index contributed by atoms with van der Waals surface area (Å²) in [5, 5.41) is 23.0. The van der Waals surface area contributed by atoms with E-state index < -0.39 is 0 Å². The number of rotatable bonds is 7. The fourth-order valence-corrected chi connectivity index (χ4v) is 3.31. The van der Waals surface area contributed by atoms with Gasteiger partial charge in [-0.05, 0) is 86.6 Å². The number of nitrogens with two attached hydrogens (primary N) is 1. The van der Waals surface area contributed by atoms with Crippen molar-refractivity contribution in [2.24, 2.45) is 0 Å². The van der Waals surface area contributed by atoms with Crippen molar-refractivity contribution in [3.63, 3.8) is 0 Å². The number of hydrogen-bond acceptors (Lipinski definition) is 6. The van der Waals surface area contributed by atoms with Gasteiger partial charge in [0, 0.05) is 18.8 Å². The van der Waals surface area contributed by atoms with E-state index in [1.807, 2.05) is 75.3 Å². The van der Waals surface area contributed by atoms with Crippen LogP contribution in [0.3, 0.4) is 0 Å². The molecule has 0 saturated carbocycles. The van der Waals surface area contributed by atoms with Gasteiger partial charge in [-0.3, -0.25) is 0 Å². The molecule has 6 heteroatoms. The van der Waals surface area contributed by atoms with E-state index in [-0.39, 0.29) is 11.3 Å². The van der Waals surface area contributed by atoms with Crippen LogP contribution in [0.25, 0.3) is 11.1 Å². The van der Waals surface area contributed by atoms with Gasteiger partial charge in [-0.1, -0.05) is 12.1 Å². The molecule has 4 N–H and O–H groups in total. The number of aryl methyl sites for hydroxylation is 2. The topological polar surface area (TPSA) is 94.5 Å². The summed E-state index contributed by atoms with van der Waals surface area (Å²) in [7, 11) is 3.97. The minimum Gasteiger partial charge on any atom is -0.506 e. The highest BCUT2D eigenvalue weighted by Crippen LogP contribution is 2.34. The van der Waals surface area contributed by atoms with Crippen LogP contribution in [0.5, 0.6) is 17.2 Å². The second kappa shape index (κ2) is 9.41. The molecule has 0 radical (unpaired) electrons. The summed E-state index contributed by atoms with van der Waals surface area (Å²) in [5.41, 5.74) is 11.3. The number of anilines is 2. The first-order valence-electron chi connectivity index (χ1n) is 10.1. The predicted octanol–water partition coefficient (Wildman–Crippen LogP) is 4.90. The van der Waals surface area contributed by atoms with Gasteiger partial charge in [-0.2, -0.15) is 5.26 Å². The smallest absolute Gasteiger partial charge is 0.136 e. The van der Waals surface area contributed by atoms with Gasteiger partial charge in [0.25, 0.3) is 0 Å². The van der Waals surface area contributed by atoms with E-state index in [1.54, 1.807) is 6.07 Å². The summed E-state index contributed by atoms with van der Waals surface area (Å²) >= 11 is 0. The lowest BCUT2D eigenvalue weighted by atomic mass is 10.0. The van der Waals surface area contributed by atoms with Gasteiger partial charge in [0.05, 0.1) is 5.69 Å². The maximum Gasteiger partial charge on any atom is 0.136 e. The van der Waals surface area contributed by atoms with Gasteiger partial charge in [0.15, 0.2) is 0 Å². The second-order valence-corrected chi connectivity index (χ2v) is 7.86. The van der Waals surface area contributed by atoms with E-state index in [4.69, 9.17) is 10.5 Å². The molecule has 0 fully saturated rings. The SMILES string of the molecule is Cc1cc(Oc2ccc(-c3cc(O)c(C#N)c(NCCN(C)C)c3)cc2)cc(C)c1N. The van der Waals surface area contributed by atoms with Crippen LogP contribution in [-0.2, 0) is 0 Å². The van der Waals surface area contributed by atoms with Crippen molar-refractivity contribution in [2.45, 2.75) is 13.8 Å². The molecule has 3 aromatic rings. The van der Waals surface area contributed by atoms with Crippen molar-refractivity contribution in [3.05, 3.63) is 65.2 Å². The van der Waals surface area contributed by atoms with E-state index in [0.717, 1.165) is 40.2 Å². The number of nitrogens with one attached hydrogen (secondary N) is 1. The zero-order valence-electron chi connectivity index (χ0n) is 18.4. The first-order valence-corrected chi connectivity index (χ1v) is 10.1. The van der Waals surface area contributed by atoms with E-state index in [0.29, 0.717) is 18.0 Å². The van der Waals surface area contributed by atoms with Crippen molar-refractivity contribution in [1.29, 1.82) is 5.26 Å². The van der Waals surface area contributed by atoms with E-state index in [2.05, 4.69) is 11.4 Å². The Labute approximate surface area is 183 Å². The fraction of sp³-hybridized carbons (Fsp3) is 0.240. The van der Waals surface area contributed by atoms with Crippen molar-refractivity contribution in [1.82, 2.24) is 4.90 Å². The summed E-state index contributed by atoms with van der Waals surface area (Å²) in [6, 6.07) is 17.0. The highest BCUT2D eigenvalue weighted by atomic mass is 16.5. The number of phenolic OH excluding ortho intramolecular Hbond substituents is 1. The van der Waals surface area contributed by atoms with Crippen molar-refractivity contribution in [2.75, 3.05) is 38.2 Å². The molecule has 0 amide bonds. The van der Waals surface area contributed by atoms with E-state index in [1.165, 1.54) is 0 Å². The average Bonchev–Trinajstić information content (AvgIpc) is 2.72. The van der Waals surface area contributed by atoms with Crippen LogP contribution in [0.2, 0.25) is 0 Å². The lowest BCUT2D eigenvalue weighted by molar-refractivity contribution is 0.425. The quantitative estimate of drug-likeness (QED) is 0.475. The van der Waals surface area contributed by atoms with Crippen LogP contribution in [0, 0.1) is 25.2 Å². The van der Waals surface area contributed by atoms with Crippen LogP contribution in [0.1, 0.15) is 16.7 Å². The van der Waals surface area contributed by atoms with Gasteiger partial charge in [0.2, 0.25) is 0 Å². The van der Waals surface area contributed by atoms with E-state index in [9.17, 15) is 10.4 Å². The number of hydrogen-bond donors (Lipinski definition) is 3. The van der Waals surface area contributed by atoms with Gasteiger partial charge >= 0.3 is 0 Å². The molecule has 0 spiro atoms. The number of likely N-dealkylation sites (N-methyl/N-ethyl adjacent to an activating group) is 1. The molecule has 3 rings (SSSR count). The molecule has 0 aromatic heterocycles. The third-order valence-electron chi connectivity index (χ3n) is 5.09. The van der Waals surface area contributed by atoms with Gasteiger partial charge in [-0.25, -0.2) is 0 Å². The number of ether oxygens (including phenoxy) is 1. The van der Waals surface area contributed by atoms with Crippen LogP contribution in [0.4, 0.5) is 11.4 Å². The monoisotopic (exact) mass is 416 g/mol. The molecule has 0 unspecified atom stereocenters. The summed E-state index contributed by atoms with van der Waals surface area (Å²) in [6.07, 6.45) is 0. The zero-order valence-corrected chi connectivity index (χ0v) is 18.4. The molecule has 0 atom stereocenters. The predicted molar refractivity (Wildman–Crippen MR) is 126 cm³/mol. The highest BCUT2D eigenvalue weighted by Gasteiger charge is 2.12. The number of benzene rings is 3. The number of phenols is 1. The normalized spacial score (nSPS) is 10.7. The van der Waals surface area contributed by atoms with Crippen LogP contribution < -0.4 is 15.8 Å². The van der Waals surface area contributed by atoms with Gasteiger partial charge in [0.1, 0.15) is 28.9 Å². The molecule has 0 aliphatic carbocycles. The van der Waals surface area contributed by atoms with E-state index >= 15 is 0 Å². The number of nitriles is 1. The Balaban J connectivity index is 1.83. The van der Waals surface area contributed by atoms with Crippen molar-refractivity contribution in [3.8, 4) is 34.4 Å². The maximum absolute atomic E-state index is 10.4. The number of nitrogens with zero attached hydrogens (tertiary/aromatic N) is 2. The Morgan fingerprint density at radius 3 is 2.23 bits per heavy atom. The Morgan fingerprint density at radius 1 is 1.00 bits per heavy atom. The average molecular weight is 417 g/mol. The first-order chi connectivity index (χ1) is 14.8. The fourth-order valence-electron chi connectivity index (χ4n) is 3.31. The number of aromatic hydroxyl groups is 1. The second-order valence-electron chi connectivity index (χ2n) is 7.86. The molecule has 31 heavy (non-hydrogen) atoms. The standard InChI is InChI=1S/C25H28N4O2/c1-16-11-21(12-17(2)25(16)27)31-20-7-5-18(6-8-20)19-13-23(28-9-10-29(3)4)22(15-26)24(30)14-19/h5-8,11-14,28,30H,9-10,27H2,1-4H3. The lowest BCUT2D eigenvalue weighted by Crippen LogP contribution is -2.21. The third kappa shape index (κ3) is 5.27.